The van der Waals surface area contributed by atoms with E-state index in [-0.39, 0.29) is 4.90 Å². The number of carbonyl (C=O) groups is 1. The summed E-state index contributed by atoms with van der Waals surface area (Å²) >= 11 is 0. The van der Waals surface area contributed by atoms with E-state index in [9.17, 15) is 13.2 Å². The van der Waals surface area contributed by atoms with Crippen molar-refractivity contribution >= 4 is 15.9 Å². The van der Waals surface area contributed by atoms with Crippen LogP contribution in [0.4, 0.5) is 0 Å². The quantitative estimate of drug-likeness (QED) is 0.698. The number of primary amides is 1. The van der Waals surface area contributed by atoms with Crippen LogP contribution in [0.15, 0.2) is 29.2 Å². The van der Waals surface area contributed by atoms with E-state index in [2.05, 4.69) is 10.0 Å². The number of amides is 1. The summed E-state index contributed by atoms with van der Waals surface area (Å²) in [5, 5.41) is 3.32. The first-order chi connectivity index (χ1) is 9.49. The van der Waals surface area contributed by atoms with Gasteiger partial charge in [0.05, 0.1) is 4.90 Å². The zero-order chi connectivity index (χ0) is 14.6. The van der Waals surface area contributed by atoms with Crippen LogP contribution in [0, 0.1) is 0 Å². The average Bonchev–Trinajstić information content (AvgIpc) is 2.92. The zero-order valence-electron chi connectivity index (χ0n) is 11.1. The summed E-state index contributed by atoms with van der Waals surface area (Å²) in [5.41, 5.74) is 5.40. The van der Waals surface area contributed by atoms with Gasteiger partial charge in [-0.3, -0.25) is 4.79 Å². The lowest BCUT2D eigenvalue weighted by Crippen LogP contribution is -2.30. The van der Waals surface area contributed by atoms with Crippen LogP contribution < -0.4 is 15.8 Å². The first-order valence-corrected chi connectivity index (χ1v) is 8.10. The van der Waals surface area contributed by atoms with Crippen molar-refractivity contribution in [3.05, 3.63) is 29.8 Å². The molecule has 0 radical (unpaired) electrons. The number of hydrogen-bond acceptors (Lipinski definition) is 4. The highest BCUT2D eigenvalue weighted by Gasteiger charge is 2.17. The van der Waals surface area contributed by atoms with Gasteiger partial charge in [-0.05, 0) is 50.1 Å². The van der Waals surface area contributed by atoms with Gasteiger partial charge in [-0.2, -0.15) is 0 Å². The van der Waals surface area contributed by atoms with Crippen molar-refractivity contribution in [1.29, 1.82) is 0 Å². The Morgan fingerprint density at radius 2 is 2.05 bits per heavy atom. The van der Waals surface area contributed by atoms with Crippen molar-refractivity contribution in [3.8, 4) is 0 Å². The fourth-order valence-electron chi connectivity index (χ4n) is 2.25. The molecule has 0 bridgehead atoms. The maximum absolute atomic E-state index is 12.0. The second-order valence-electron chi connectivity index (χ2n) is 4.87. The number of sulfonamides is 1. The van der Waals surface area contributed by atoms with Crippen LogP contribution in [0.5, 0.6) is 0 Å². The molecular weight excluding hydrogens is 278 g/mol. The maximum Gasteiger partial charge on any atom is 0.248 e. The van der Waals surface area contributed by atoms with Gasteiger partial charge in [0, 0.05) is 18.2 Å². The standard InChI is InChI=1S/C13H19N3O3S/c14-13(17)10-3-5-12(6-4-10)20(18,19)16-9-7-11-2-1-8-15-11/h3-6,11,15-16H,1-2,7-9H2,(H2,14,17)/t11-/m1/s1. The summed E-state index contributed by atoms with van der Waals surface area (Å²) in [6.07, 6.45) is 3.01. The number of nitrogens with one attached hydrogen (secondary N) is 2. The second kappa shape index (κ2) is 6.34. The van der Waals surface area contributed by atoms with Gasteiger partial charge >= 0.3 is 0 Å². The number of nitrogens with two attached hydrogens (primary N) is 1. The van der Waals surface area contributed by atoms with E-state index in [1.165, 1.54) is 24.3 Å². The molecule has 1 aliphatic rings. The molecule has 1 fully saturated rings. The molecule has 0 spiro atoms. The third-order valence-corrected chi connectivity index (χ3v) is 4.87. The van der Waals surface area contributed by atoms with Crippen LogP contribution >= 0.6 is 0 Å². The smallest absolute Gasteiger partial charge is 0.248 e. The van der Waals surface area contributed by atoms with Gasteiger partial charge in [0.15, 0.2) is 0 Å². The van der Waals surface area contributed by atoms with Crippen LogP contribution in [-0.2, 0) is 10.0 Å². The summed E-state index contributed by atoms with van der Waals surface area (Å²) < 4.78 is 26.6. The van der Waals surface area contributed by atoms with Crippen molar-refractivity contribution in [2.45, 2.75) is 30.2 Å². The summed E-state index contributed by atoms with van der Waals surface area (Å²) in [4.78, 5) is 11.1. The van der Waals surface area contributed by atoms with E-state index < -0.39 is 15.9 Å². The summed E-state index contributed by atoms with van der Waals surface area (Å²) in [5.74, 6) is -0.575. The van der Waals surface area contributed by atoms with Crippen molar-refractivity contribution in [1.82, 2.24) is 10.0 Å². The first-order valence-electron chi connectivity index (χ1n) is 6.62. The Morgan fingerprint density at radius 3 is 2.60 bits per heavy atom. The monoisotopic (exact) mass is 297 g/mol. The van der Waals surface area contributed by atoms with E-state index in [0.29, 0.717) is 18.2 Å². The first kappa shape index (κ1) is 15.0. The highest BCUT2D eigenvalue weighted by molar-refractivity contribution is 7.89. The van der Waals surface area contributed by atoms with Gasteiger partial charge in [0.2, 0.25) is 15.9 Å². The Hall–Kier alpha value is -1.44. The molecule has 1 aromatic carbocycles. The molecule has 7 heteroatoms. The average molecular weight is 297 g/mol. The number of carbonyl (C=O) groups excluding carboxylic acids is 1. The third-order valence-electron chi connectivity index (χ3n) is 3.40. The van der Waals surface area contributed by atoms with Crippen LogP contribution in [0.2, 0.25) is 0 Å². The minimum absolute atomic E-state index is 0.141. The fraction of sp³-hybridized carbons (Fsp3) is 0.462. The van der Waals surface area contributed by atoms with Crippen molar-refractivity contribution in [3.63, 3.8) is 0 Å². The fourth-order valence-corrected chi connectivity index (χ4v) is 3.30. The van der Waals surface area contributed by atoms with Crippen LogP contribution in [0.25, 0.3) is 0 Å². The van der Waals surface area contributed by atoms with Gasteiger partial charge in [0.25, 0.3) is 0 Å². The Bertz CT molecular complexity index is 563. The lowest BCUT2D eigenvalue weighted by Gasteiger charge is -2.11. The minimum Gasteiger partial charge on any atom is -0.366 e. The SMILES string of the molecule is NC(=O)c1ccc(S(=O)(=O)NCC[C@H]2CCCN2)cc1. The molecule has 6 nitrogen and oxygen atoms in total. The van der Waals surface area contributed by atoms with E-state index in [1.807, 2.05) is 0 Å². The molecule has 4 N–H and O–H groups in total. The molecule has 0 unspecified atom stereocenters. The van der Waals surface area contributed by atoms with Gasteiger partial charge in [-0.15, -0.1) is 0 Å². The Morgan fingerprint density at radius 1 is 1.35 bits per heavy atom. The molecule has 0 aromatic heterocycles. The van der Waals surface area contributed by atoms with Crippen molar-refractivity contribution in [2.75, 3.05) is 13.1 Å². The second-order valence-corrected chi connectivity index (χ2v) is 6.64. The molecule has 1 atom stereocenters. The molecule has 20 heavy (non-hydrogen) atoms. The van der Waals surface area contributed by atoms with Crippen molar-refractivity contribution < 1.29 is 13.2 Å². The number of hydrogen-bond donors (Lipinski definition) is 3. The summed E-state index contributed by atoms with van der Waals surface area (Å²) in [6.45, 7) is 1.41. The van der Waals surface area contributed by atoms with E-state index >= 15 is 0 Å². The molecule has 1 aliphatic heterocycles. The highest BCUT2D eigenvalue weighted by Crippen LogP contribution is 2.11. The molecule has 110 valence electrons. The van der Waals surface area contributed by atoms with E-state index in [0.717, 1.165) is 25.8 Å². The topological polar surface area (TPSA) is 101 Å². The predicted octanol–water partition coefficient (Wildman–Crippen LogP) is 0.206. The molecule has 1 amide bonds. The zero-order valence-corrected chi connectivity index (χ0v) is 11.9. The van der Waals surface area contributed by atoms with Crippen LogP contribution in [-0.4, -0.2) is 33.5 Å². The van der Waals surface area contributed by atoms with E-state index in [1.54, 1.807) is 0 Å². The van der Waals surface area contributed by atoms with Gasteiger partial charge in [-0.25, -0.2) is 13.1 Å². The van der Waals surface area contributed by atoms with Gasteiger partial charge in [-0.1, -0.05) is 0 Å². The lowest BCUT2D eigenvalue weighted by molar-refractivity contribution is 0.1000. The predicted molar refractivity (Wildman–Crippen MR) is 75.8 cm³/mol. The van der Waals surface area contributed by atoms with Gasteiger partial charge in [0.1, 0.15) is 0 Å². The molecule has 1 aromatic rings. The van der Waals surface area contributed by atoms with Crippen LogP contribution in [0.3, 0.4) is 0 Å². The molecular formula is C13H19N3O3S. The molecule has 1 heterocycles. The number of benzene rings is 1. The molecule has 0 aliphatic carbocycles. The Balaban J connectivity index is 1.93. The highest BCUT2D eigenvalue weighted by atomic mass is 32.2. The molecule has 2 rings (SSSR count). The van der Waals surface area contributed by atoms with Crippen molar-refractivity contribution in [2.24, 2.45) is 5.73 Å². The Kier molecular flexibility index (Phi) is 4.74. The normalized spacial score (nSPS) is 19.1. The number of rotatable bonds is 6. The van der Waals surface area contributed by atoms with Crippen LogP contribution in [0.1, 0.15) is 29.6 Å². The summed E-state index contributed by atoms with van der Waals surface area (Å²) in [6, 6.07) is 5.99. The minimum atomic E-state index is -3.52. The van der Waals surface area contributed by atoms with Gasteiger partial charge < -0.3 is 11.1 Å². The third kappa shape index (κ3) is 3.78. The molecule has 0 saturated carbocycles. The largest absolute Gasteiger partial charge is 0.366 e. The van der Waals surface area contributed by atoms with E-state index in [4.69, 9.17) is 5.73 Å². The molecule has 1 saturated heterocycles. The summed E-state index contributed by atoms with van der Waals surface area (Å²) in [7, 11) is -3.52. The Labute approximate surface area is 118 Å². The maximum atomic E-state index is 12.0. The lowest BCUT2D eigenvalue weighted by atomic mass is 10.2.